The first-order chi connectivity index (χ1) is 8.77. The van der Waals surface area contributed by atoms with Gasteiger partial charge in [0.1, 0.15) is 11.5 Å². The lowest BCUT2D eigenvalue weighted by Crippen LogP contribution is -2.23. The average molecular weight is 259 g/mol. The van der Waals surface area contributed by atoms with Crippen molar-refractivity contribution in [2.24, 2.45) is 0 Å². The average Bonchev–Trinajstić information content (AvgIpc) is 2.44. The number of esters is 1. The fourth-order valence-corrected chi connectivity index (χ4v) is 2.59. The molecule has 0 saturated heterocycles. The molecule has 0 aromatic heterocycles. The molecule has 0 aliphatic carbocycles. The van der Waals surface area contributed by atoms with Crippen molar-refractivity contribution < 1.29 is 9.53 Å². The second kappa shape index (κ2) is 4.46. The number of alkyl halides is 1. The summed E-state index contributed by atoms with van der Waals surface area (Å²) in [5, 5.41) is -0.346. The zero-order valence-electron chi connectivity index (χ0n) is 9.55. The van der Waals surface area contributed by atoms with Crippen molar-refractivity contribution in [1.82, 2.24) is 0 Å². The topological polar surface area (TPSA) is 26.3 Å². The standard InChI is InChI=1S/C15H11ClO2/c16-13-11-8-4-5-9-12(11)15(17)18-14(13)10-6-2-1-3-7-10/h1-9,13-14H/t13-,14-/m1/s1. The van der Waals surface area contributed by atoms with E-state index in [1.54, 1.807) is 6.07 Å². The summed E-state index contributed by atoms with van der Waals surface area (Å²) in [5.41, 5.74) is 2.31. The number of benzene rings is 2. The van der Waals surface area contributed by atoms with Gasteiger partial charge >= 0.3 is 5.97 Å². The van der Waals surface area contributed by atoms with E-state index in [4.69, 9.17) is 16.3 Å². The molecule has 1 aliphatic heterocycles. The Balaban J connectivity index is 2.05. The Kier molecular flexibility index (Phi) is 2.80. The summed E-state index contributed by atoms with van der Waals surface area (Å²) in [6, 6.07) is 16.9. The molecule has 2 nitrogen and oxygen atoms in total. The van der Waals surface area contributed by atoms with E-state index in [1.165, 1.54) is 0 Å². The molecule has 0 saturated carbocycles. The van der Waals surface area contributed by atoms with Crippen LogP contribution in [0.1, 0.15) is 33.0 Å². The monoisotopic (exact) mass is 258 g/mol. The van der Waals surface area contributed by atoms with Crippen LogP contribution in [0.3, 0.4) is 0 Å². The summed E-state index contributed by atoms with van der Waals surface area (Å²) in [6.07, 6.45) is -0.421. The van der Waals surface area contributed by atoms with Crippen LogP contribution in [-0.2, 0) is 4.74 Å². The summed E-state index contributed by atoms with van der Waals surface area (Å²) in [7, 11) is 0. The second-order valence-electron chi connectivity index (χ2n) is 4.23. The summed E-state index contributed by atoms with van der Waals surface area (Å²) in [4.78, 5) is 11.9. The number of fused-ring (bicyclic) bond motifs is 1. The van der Waals surface area contributed by atoms with Crippen LogP contribution in [0.15, 0.2) is 54.6 Å². The molecule has 1 aliphatic rings. The van der Waals surface area contributed by atoms with E-state index in [1.807, 2.05) is 48.5 Å². The van der Waals surface area contributed by atoms with Gasteiger partial charge in [-0.3, -0.25) is 0 Å². The summed E-state index contributed by atoms with van der Waals surface area (Å²) in [5.74, 6) is -0.309. The molecule has 0 radical (unpaired) electrons. The third kappa shape index (κ3) is 1.79. The molecule has 0 bridgehead atoms. The summed E-state index contributed by atoms with van der Waals surface area (Å²) >= 11 is 6.44. The number of halogens is 1. The van der Waals surface area contributed by atoms with Gasteiger partial charge in [-0.25, -0.2) is 4.79 Å². The molecule has 2 aromatic rings. The Morgan fingerprint density at radius 1 is 0.944 bits per heavy atom. The van der Waals surface area contributed by atoms with Gasteiger partial charge in [0, 0.05) is 0 Å². The molecule has 0 N–H and O–H groups in total. The Labute approximate surface area is 110 Å². The highest BCUT2D eigenvalue weighted by Gasteiger charge is 2.34. The van der Waals surface area contributed by atoms with Crippen LogP contribution < -0.4 is 0 Å². The molecule has 0 unspecified atom stereocenters. The van der Waals surface area contributed by atoms with Crippen LogP contribution in [0, 0.1) is 0 Å². The second-order valence-corrected chi connectivity index (χ2v) is 4.70. The fraction of sp³-hybridized carbons (Fsp3) is 0.133. The van der Waals surface area contributed by atoms with Crippen molar-refractivity contribution in [3.8, 4) is 0 Å². The number of carbonyl (C=O) groups excluding carboxylic acids is 1. The van der Waals surface area contributed by atoms with E-state index in [0.717, 1.165) is 11.1 Å². The van der Waals surface area contributed by atoms with Gasteiger partial charge in [0.2, 0.25) is 0 Å². The normalized spacial score (nSPS) is 22.2. The number of ether oxygens (including phenoxy) is 1. The molecule has 2 aromatic carbocycles. The maximum absolute atomic E-state index is 11.9. The van der Waals surface area contributed by atoms with Crippen molar-refractivity contribution >= 4 is 17.6 Å². The van der Waals surface area contributed by atoms with E-state index in [0.29, 0.717) is 5.56 Å². The molecule has 1 heterocycles. The minimum absolute atomic E-state index is 0.309. The fourth-order valence-electron chi connectivity index (χ4n) is 2.20. The van der Waals surface area contributed by atoms with Gasteiger partial charge in [0.05, 0.1) is 5.56 Å². The number of hydrogen-bond donors (Lipinski definition) is 0. The number of rotatable bonds is 1. The van der Waals surface area contributed by atoms with Gasteiger partial charge in [0.25, 0.3) is 0 Å². The Morgan fingerprint density at radius 2 is 1.61 bits per heavy atom. The van der Waals surface area contributed by atoms with Crippen LogP contribution >= 0.6 is 11.6 Å². The molecular weight excluding hydrogens is 248 g/mol. The van der Waals surface area contributed by atoms with Crippen molar-refractivity contribution in [1.29, 1.82) is 0 Å². The maximum Gasteiger partial charge on any atom is 0.339 e. The Morgan fingerprint density at radius 3 is 2.39 bits per heavy atom. The zero-order chi connectivity index (χ0) is 12.5. The van der Waals surface area contributed by atoms with Crippen LogP contribution in [-0.4, -0.2) is 5.97 Å². The third-order valence-corrected chi connectivity index (χ3v) is 3.57. The van der Waals surface area contributed by atoms with Crippen LogP contribution in [0.4, 0.5) is 0 Å². The number of hydrogen-bond acceptors (Lipinski definition) is 2. The van der Waals surface area contributed by atoms with Crippen LogP contribution in [0.25, 0.3) is 0 Å². The minimum atomic E-state index is -0.421. The minimum Gasteiger partial charge on any atom is -0.452 e. The highest BCUT2D eigenvalue weighted by Crippen LogP contribution is 2.42. The molecule has 2 atom stereocenters. The summed E-state index contributed by atoms with van der Waals surface area (Å²) in [6.45, 7) is 0. The first kappa shape index (κ1) is 11.3. The quantitative estimate of drug-likeness (QED) is 0.573. The lowest BCUT2D eigenvalue weighted by molar-refractivity contribution is 0.0238. The Hall–Kier alpha value is -1.80. The molecule has 0 fully saturated rings. The van der Waals surface area contributed by atoms with E-state index < -0.39 is 6.10 Å². The van der Waals surface area contributed by atoms with Gasteiger partial charge in [-0.2, -0.15) is 0 Å². The molecule has 18 heavy (non-hydrogen) atoms. The lowest BCUT2D eigenvalue weighted by Gasteiger charge is -2.29. The zero-order valence-corrected chi connectivity index (χ0v) is 10.3. The summed E-state index contributed by atoms with van der Waals surface area (Å²) < 4.78 is 5.44. The maximum atomic E-state index is 11.9. The van der Waals surface area contributed by atoms with Gasteiger partial charge < -0.3 is 4.74 Å². The molecular formula is C15H11ClO2. The number of carbonyl (C=O) groups is 1. The smallest absolute Gasteiger partial charge is 0.339 e. The molecule has 90 valence electrons. The van der Waals surface area contributed by atoms with E-state index in [2.05, 4.69) is 0 Å². The molecule has 3 heteroatoms. The van der Waals surface area contributed by atoms with Crippen molar-refractivity contribution in [3.63, 3.8) is 0 Å². The van der Waals surface area contributed by atoms with E-state index in [9.17, 15) is 4.79 Å². The highest BCUT2D eigenvalue weighted by molar-refractivity contribution is 6.22. The molecule has 3 rings (SSSR count). The van der Waals surface area contributed by atoms with Gasteiger partial charge in [-0.1, -0.05) is 48.5 Å². The van der Waals surface area contributed by atoms with Crippen LogP contribution in [0.5, 0.6) is 0 Å². The third-order valence-electron chi connectivity index (χ3n) is 3.11. The first-order valence-corrected chi connectivity index (χ1v) is 6.20. The predicted octanol–water partition coefficient (Wildman–Crippen LogP) is 3.88. The van der Waals surface area contributed by atoms with Crippen LogP contribution in [0.2, 0.25) is 0 Å². The highest BCUT2D eigenvalue weighted by atomic mass is 35.5. The van der Waals surface area contributed by atoms with Gasteiger partial charge in [-0.15, -0.1) is 11.6 Å². The van der Waals surface area contributed by atoms with Gasteiger partial charge in [-0.05, 0) is 17.2 Å². The van der Waals surface area contributed by atoms with Crippen molar-refractivity contribution in [3.05, 3.63) is 71.3 Å². The molecule has 0 spiro atoms. The van der Waals surface area contributed by atoms with Crippen molar-refractivity contribution in [2.45, 2.75) is 11.5 Å². The Bertz CT molecular complexity index is 580. The first-order valence-electron chi connectivity index (χ1n) is 5.76. The lowest BCUT2D eigenvalue weighted by atomic mass is 9.94. The predicted molar refractivity (Wildman–Crippen MR) is 69.6 cm³/mol. The van der Waals surface area contributed by atoms with Crippen molar-refractivity contribution in [2.75, 3.05) is 0 Å². The van der Waals surface area contributed by atoms with E-state index in [-0.39, 0.29) is 11.3 Å². The number of cyclic esters (lactones) is 1. The SMILES string of the molecule is O=C1O[C@H](c2ccccc2)[C@H](Cl)c2ccccc21. The van der Waals surface area contributed by atoms with Gasteiger partial charge in [0.15, 0.2) is 0 Å². The molecule has 0 amide bonds. The van der Waals surface area contributed by atoms with E-state index >= 15 is 0 Å². The largest absolute Gasteiger partial charge is 0.452 e.